The Balaban J connectivity index is 1.96. The number of likely N-dealkylation sites (tertiary alicyclic amines) is 1. The van der Waals surface area contributed by atoms with Gasteiger partial charge in [0.15, 0.2) is 0 Å². The van der Waals surface area contributed by atoms with Crippen molar-refractivity contribution in [3.8, 4) is 0 Å². The molecular weight excluding hydrogens is 278 g/mol. The number of pyridine rings is 1. The van der Waals surface area contributed by atoms with E-state index in [4.69, 9.17) is 17.4 Å². The Morgan fingerprint density at radius 2 is 2.35 bits per heavy atom. The molecule has 0 saturated carbocycles. The Morgan fingerprint density at radius 1 is 1.55 bits per heavy atom. The molecular formula is C13H20ClN5O. The molecule has 1 saturated heterocycles. The molecule has 0 aromatic carbocycles. The van der Waals surface area contributed by atoms with Crippen molar-refractivity contribution in [3.05, 3.63) is 22.8 Å². The molecule has 0 spiro atoms. The number of likely N-dealkylation sites (N-methyl/N-ethyl adjacent to an activating group) is 1. The fraction of sp³-hybridized carbons (Fsp3) is 0.538. The normalized spacial score (nSPS) is 19.6. The van der Waals surface area contributed by atoms with Crippen LogP contribution in [0, 0.1) is 0 Å². The molecule has 1 aliphatic heterocycles. The molecule has 6 nitrogen and oxygen atoms in total. The van der Waals surface area contributed by atoms with Gasteiger partial charge in [0.1, 0.15) is 11.0 Å². The summed E-state index contributed by atoms with van der Waals surface area (Å²) < 4.78 is 0. The van der Waals surface area contributed by atoms with E-state index in [1.807, 2.05) is 0 Å². The van der Waals surface area contributed by atoms with Crippen molar-refractivity contribution in [2.24, 2.45) is 5.84 Å². The van der Waals surface area contributed by atoms with Crippen LogP contribution in [-0.4, -0.2) is 42.0 Å². The molecule has 0 aliphatic carbocycles. The number of nitrogen functional groups attached to an aromatic ring is 1. The zero-order chi connectivity index (χ0) is 14.5. The molecule has 4 N–H and O–H groups in total. The van der Waals surface area contributed by atoms with Gasteiger partial charge in [0, 0.05) is 18.2 Å². The molecule has 110 valence electrons. The lowest BCUT2D eigenvalue weighted by atomic mass is 10.0. The van der Waals surface area contributed by atoms with E-state index in [9.17, 15) is 4.79 Å². The average molecular weight is 298 g/mol. The molecule has 7 heteroatoms. The van der Waals surface area contributed by atoms with Crippen LogP contribution in [0.15, 0.2) is 12.1 Å². The Bertz CT molecular complexity index is 482. The maximum absolute atomic E-state index is 12.1. The van der Waals surface area contributed by atoms with Gasteiger partial charge in [0.05, 0.1) is 0 Å². The van der Waals surface area contributed by atoms with Crippen LogP contribution in [0.4, 0.5) is 5.82 Å². The summed E-state index contributed by atoms with van der Waals surface area (Å²) in [6.07, 6.45) is 3.56. The number of rotatable bonds is 4. The number of piperidine rings is 1. The second kappa shape index (κ2) is 6.88. The van der Waals surface area contributed by atoms with Crippen molar-refractivity contribution in [3.63, 3.8) is 0 Å². The summed E-state index contributed by atoms with van der Waals surface area (Å²) in [5.41, 5.74) is 2.85. The van der Waals surface area contributed by atoms with E-state index in [0.717, 1.165) is 13.0 Å². The van der Waals surface area contributed by atoms with Gasteiger partial charge in [0.25, 0.3) is 5.91 Å². The van der Waals surface area contributed by atoms with E-state index in [1.54, 1.807) is 6.07 Å². The number of nitrogens with one attached hydrogen (secondary N) is 2. The molecule has 0 radical (unpaired) electrons. The Kier molecular flexibility index (Phi) is 5.17. The van der Waals surface area contributed by atoms with Gasteiger partial charge >= 0.3 is 0 Å². The molecule has 1 aromatic heterocycles. The fourth-order valence-electron chi connectivity index (χ4n) is 2.42. The minimum atomic E-state index is -0.162. The summed E-state index contributed by atoms with van der Waals surface area (Å²) >= 11 is 5.85. The van der Waals surface area contributed by atoms with Gasteiger partial charge in [-0.1, -0.05) is 18.0 Å². The summed E-state index contributed by atoms with van der Waals surface area (Å²) in [5.74, 6) is 5.50. The maximum atomic E-state index is 12.1. The first-order chi connectivity index (χ1) is 9.60. The number of carbonyl (C=O) groups excluding carboxylic acids is 1. The monoisotopic (exact) mass is 297 g/mol. The lowest BCUT2D eigenvalue weighted by Gasteiger charge is -2.32. The quantitative estimate of drug-likeness (QED) is 0.442. The topological polar surface area (TPSA) is 83.3 Å². The van der Waals surface area contributed by atoms with Gasteiger partial charge in [-0.15, -0.1) is 0 Å². The van der Waals surface area contributed by atoms with Crippen LogP contribution < -0.4 is 16.6 Å². The van der Waals surface area contributed by atoms with Crippen molar-refractivity contribution >= 4 is 23.3 Å². The molecule has 1 amide bonds. The average Bonchev–Trinajstić information content (AvgIpc) is 2.45. The van der Waals surface area contributed by atoms with Crippen LogP contribution in [0.3, 0.4) is 0 Å². The fourth-order valence-corrected chi connectivity index (χ4v) is 2.63. The molecule has 2 heterocycles. The minimum Gasteiger partial charge on any atom is -0.350 e. The number of hydrogen-bond acceptors (Lipinski definition) is 5. The number of carbonyl (C=O) groups is 1. The number of anilines is 1. The largest absolute Gasteiger partial charge is 0.350 e. The number of amides is 1. The predicted molar refractivity (Wildman–Crippen MR) is 79.7 cm³/mol. The lowest BCUT2D eigenvalue weighted by Crippen LogP contribution is -2.44. The standard InChI is InChI=1S/C13H20ClN5O/c1-19-5-3-2-4-10(19)8-16-13(20)9-6-11(14)17-12(7-9)18-15/h6-7,10H,2-5,8,15H2,1H3,(H,16,20)(H,17,18). The number of aromatic nitrogens is 1. The van der Waals surface area contributed by atoms with Crippen LogP contribution in [0.1, 0.15) is 29.6 Å². The molecule has 20 heavy (non-hydrogen) atoms. The molecule has 1 aromatic rings. The first-order valence-corrected chi connectivity index (χ1v) is 7.10. The van der Waals surface area contributed by atoms with Crippen LogP contribution in [0.2, 0.25) is 5.15 Å². The predicted octanol–water partition coefficient (Wildman–Crippen LogP) is 1.23. The highest BCUT2D eigenvalue weighted by Crippen LogP contribution is 2.16. The summed E-state index contributed by atoms with van der Waals surface area (Å²) in [7, 11) is 2.09. The number of nitrogens with two attached hydrogens (primary N) is 1. The zero-order valence-corrected chi connectivity index (χ0v) is 12.3. The second-order valence-electron chi connectivity index (χ2n) is 5.05. The van der Waals surface area contributed by atoms with Crippen molar-refractivity contribution in [2.75, 3.05) is 25.6 Å². The van der Waals surface area contributed by atoms with Gasteiger partial charge < -0.3 is 15.6 Å². The summed E-state index contributed by atoms with van der Waals surface area (Å²) in [5, 5.41) is 3.18. The van der Waals surface area contributed by atoms with E-state index in [-0.39, 0.29) is 11.1 Å². The maximum Gasteiger partial charge on any atom is 0.251 e. The first kappa shape index (κ1) is 15.0. The highest BCUT2D eigenvalue weighted by Gasteiger charge is 2.19. The SMILES string of the molecule is CN1CCCCC1CNC(=O)c1cc(Cl)nc(NN)c1. The van der Waals surface area contributed by atoms with Crippen LogP contribution >= 0.6 is 11.6 Å². The molecule has 1 fully saturated rings. The third kappa shape index (κ3) is 3.82. The van der Waals surface area contributed by atoms with Gasteiger partial charge in [-0.05, 0) is 38.6 Å². The van der Waals surface area contributed by atoms with Crippen molar-refractivity contribution < 1.29 is 4.79 Å². The van der Waals surface area contributed by atoms with Gasteiger partial charge in [-0.3, -0.25) is 4.79 Å². The Morgan fingerprint density at radius 3 is 3.05 bits per heavy atom. The molecule has 0 bridgehead atoms. The van der Waals surface area contributed by atoms with E-state index in [1.165, 1.54) is 18.9 Å². The van der Waals surface area contributed by atoms with Gasteiger partial charge in [-0.2, -0.15) is 0 Å². The smallest absolute Gasteiger partial charge is 0.251 e. The second-order valence-corrected chi connectivity index (χ2v) is 5.44. The first-order valence-electron chi connectivity index (χ1n) is 6.73. The number of hydrazine groups is 1. The van der Waals surface area contributed by atoms with Crippen molar-refractivity contribution in [1.82, 2.24) is 15.2 Å². The third-order valence-electron chi connectivity index (χ3n) is 3.62. The highest BCUT2D eigenvalue weighted by molar-refractivity contribution is 6.29. The van der Waals surface area contributed by atoms with E-state index in [2.05, 4.69) is 27.7 Å². The molecule has 1 aliphatic rings. The van der Waals surface area contributed by atoms with Gasteiger partial charge in [0.2, 0.25) is 0 Å². The zero-order valence-electron chi connectivity index (χ0n) is 11.5. The minimum absolute atomic E-state index is 0.162. The number of halogens is 1. The number of hydrogen-bond donors (Lipinski definition) is 3. The van der Waals surface area contributed by atoms with Gasteiger partial charge in [-0.25, -0.2) is 10.8 Å². The number of nitrogens with zero attached hydrogens (tertiary/aromatic N) is 2. The third-order valence-corrected chi connectivity index (χ3v) is 3.82. The summed E-state index contributed by atoms with van der Waals surface area (Å²) in [6, 6.07) is 3.51. The summed E-state index contributed by atoms with van der Waals surface area (Å²) in [4.78, 5) is 18.4. The van der Waals surface area contributed by atoms with Crippen molar-refractivity contribution in [1.29, 1.82) is 0 Å². The van der Waals surface area contributed by atoms with Crippen LogP contribution in [0.5, 0.6) is 0 Å². The molecule has 1 unspecified atom stereocenters. The Hall–Kier alpha value is -1.37. The van der Waals surface area contributed by atoms with E-state index < -0.39 is 0 Å². The molecule has 1 atom stereocenters. The summed E-state index contributed by atoms with van der Waals surface area (Å²) in [6.45, 7) is 1.73. The molecule has 2 rings (SSSR count). The highest BCUT2D eigenvalue weighted by atomic mass is 35.5. The lowest BCUT2D eigenvalue weighted by molar-refractivity contribution is 0.0928. The van der Waals surface area contributed by atoms with E-state index in [0.29, 0.717) is 24.0 Å². The van der Waals surface area contributed by atoms with Crippen LogP contribution in [0.25, 0.3) is 0 Å². The van der Waals surface area contributed by atoms with E-state index >= 15 is 0 Å². The van der Waals surface area contributed by atoms with Crippen molar-refractivity contribution in [2.45, 2.75) is 25.3 Å². The van der Waals surface area contributed by atoms with Crippen LogP contribution in [-0.2, 0) is 0 Å². The Labute approximate surface area is 123 Å².